The van der Waals surface area contributed by atoms with Crippen LogP contribution in [0, 0.1) is 29.1 Å². The quantitative estimate of drug-likeness (QED) is 0.595. The van der Waals surface area contributed by atoms with Gasteiger partial charge in [-0.25, -0.2) is 0 Å². The second-order valence-corrected chi connectivity index (χ2v) is 7.66. The number of terminal acetylenes is 1. The largest absolute Gasteiger partial charge is 0.312 e. The summed E-state index contributed by atoms with van der Waals surface area (Å²) < 4.78 is 0. The van der Waals surface area contributed by atoms with E-state index in [1.807, 2.05) is 11.8 Å². The van der Waals surface area contributed by atoms with Crippen molar-refractivity contribution in [3.8, 4) is 12.3 Å². The van der Waals surface area contributed by atoms with Crippen LogP contribution < -0.4 is 5.32 Å². The third-order valence-electron chi connectivity index (χ3n) is 5.05. The predicted octanol–water partition coefficient (Wildman–Crippen LogP) is 3.16. The first-order valence-electron chi connectivity index (χ1n) is 6.75. The molecule has 17 heavy (non-hydrogen) atoms. The van der Waals surface area contributed by atoms with Gasteiger partial charge in [-0.2, -0.15) is 0 Å². The molecule has 0 aromatic heterocycles. The second kappa shape index (κ2) is 4.86. The van der Waals surface area contributed by atoms with Gasteiger partial charge in [-0.1, -0.05) is 26.7 Å². The van der Waals surface area contributed by atoms with E-state index in [0.29, 0.717) is 16.9 Å². The van der Waals surface area contributed by atoms with Crippen LogP contribution in [-0.4, -0.2) is 24.1 Å². The number of fused-ring (bicyclic) bond motifs is 2. The zero-order chi connectivity index (χ0) is 12.5. The molecule has 0 aromatic carbocycles. The highest BCUT2D eigenvalue weighted by atomic mass is 32.2. The van der Waals surface area contributed by atoms with Gasteiger partial charge in [-0.05, 0) is 36.0 Å². The van der Waals surface area contributed by atoms with Crippen LogP contribution in [0.3, 0.4) is 0 Å². The van der Waals surface area contributed by atoms with Gasteiger partial charge in [0.15, 0.2) is 0 Å². The first-order valence-corrected chi connectivity index (χ1v) is 7.91. The van der Waals surface area contributed by atoms with Gasteiger partial charge in [0, 0.05) is 18.3 Å². The van der Waals surface area contributed by atoms with Crippen LogP contribution in [0.2, 0.25) is 0 Å². The summed E-state index contributed by atoms with van der Waals surface area (Å²) >= 11 is 1.86. The van der Waals surface area contributed by atoms with E-state index in [0.717, 1.165) is 24.0 Å². The minimum atomic E-state index is 0.476. The molecular formula is C15H25NS. The summed E-state index contributed by atoms with van der Waals surface area (Å²) in [4.78, 5) is 0. The Morgan fingerprint density at radius 3 is 2.76 bits per heavy atom. The van der Waals surface area contributed by atoms with E-state index in [4.69, 9.17) is 6.42 Å². The minimum absolute atomic E-state index is 0.476. The molecule has 2 heteroatoms. The van der Waals surface area contributed by atoms with Crippen molar-refractivity contribution in [3.63, 3.8) is 0 Å². The first kappa shape index (κ1) is 13.3. The maximum absolute atomic E-state index is 5.26. The Labute approximate surface area is 111 Å². The fourth-order valence-corrected chi connectivity index (χ4v) is 4.74. The van der Waals surface area contributed by atoms with Gasteiger partial charge in [0.1, 0.15) is 0 Å². The van der Waals surface area contributed by atoms with Crippen molar-refractivity contribution in [1.29, 1.82) is 0 Å². The van der Waals surface area contributed by atoms with Gasteiger partial charge in [0.05, 0.1) is 5.75 Å². The third kappa shape index (κ3) is 2.37. The highest BCUT2D eigenvalue weighted by Gasteiger charge is 2.58. The number of rotatable bonds is 5. The zero-order valence-corrected chi connectivity index (χ0v) is 12.2. The molecule has 0 amide bonds. The van der Waals surface area contributed by atoms with Crippen LogP contribution in [0.25, 0.3) is 0 Å². The molecule has 1 nitrogen and oxygen atoms in total. The van der Waals surface area contributed by atoms with Gasteiger partial charge in [0.2, 0.25) is 0 Å². The molecule has 96 valence electrons. The third-order valence-corrected chi connectivity index (χ3v) is 5.91. The zero-order valence-electron chi connectivity index (χ0n) is 11.4. The minimum Gasteiger partial charge on any atom is -0.312 e. The smallest absolute Gasteiger partial charge is 0.0545 e. The maximum atomic E-state index is 5.26. The fraction of sp³-hybridized carbons (Fsp3) is 0.867. The topological polar surface area (TPSA) is 12.0 Å². The van der Waals surface area contributed by atoms with E-state index in [9.17, 15) is 0 Å². The lowest BCUT2D eigenvalue weighted by atomic mass is 9.68. The van der Waals surface area contributed by atoms with Crippen LogP contribution >= 0.6 is 11.8 Å². The average Bonchev–Trinajstić information content (AvgIpc) is 2.73. The molecule has 2 fully saturated rings. The Hall–Kier alpha value is -0.130. The van der Waals surface area contributed by atoms with Gasteiger partial charge in [-0.15, -0.1) is 18.2 Å². The molecule has 2 saturated carbocycles. The van der Waals surface area contributed by atoms with E-state index in [-0.39, 0.29) is 0 Å². The van der Waals surface area contributed by atoms with Crippen molar-refractivity contribution >= 4 is 11.8 Å². The molecule has 0 saturated heterocycles. The van der Waals surface area contributed by atoms with Gasteiger partial charge < -0.3 is 5.32 Å². The molecule has 0 spiro atoms. The molecular weight excluding hydrogens is 226 g/mol. The Balaban J connectivity index is 1.86. The Bertz CT molecular complexity index is 313. The molecule has 2 aliphatic carbocycles. The van der Waals surface area contributed by atoms with Gasteiger partial charge in [0.25, 0.3) is 0 Å². The molecule has 2 bridgehead atoms. The molecule has 0 heterocycles. The number of hydrogen-bond acceptors (Lipinski definition) is 2. The lowest BCUT2D eigenvalue weighted by Crippen LogP contribution is -2.50. The summed E-state index contributed by atoms with van der Waals surface area (Å²) in [5.41, 5.74) is 1.02. The lowest BCUT2D eigenvalue weighted by Gasteiger charge is -2.43. The fourth-order valence-electron chi connectivity index (χ4n) is 4.22. The Morgan fingerprint density at radius 2 is 2.18 bits per heavy atom. The lowest BCUT2D eigenvalue weighted by molar-refractivity contribution is 0.111. The standard InChI is InChI=1S/C15H25NS/c1-5-9-17-10-8-16-13-14(2,3)12-6-7-15(13,4)11-12/h1,12-13,16H,6-11H2,2-4H3. The summed E-state index contributed by atoms with van der Waals surface area (Å²) in [6, 6.07) is 0.695. The predicted molar refractivity (Wildman–Crippen MR) is 77.2 cm³/mol. The molecule has 0 aromatic rings. The molecule has 2 aliphatic rings. The molecule has 0 aliphatic heterocycles. The highest BCUT2D eigenvalue weighted by molar-refractivity contribution is 7.99. The van der Waals surface area contributed by atoms with Crippen LogP contribution in [0.15, 0.2) is 0 Å². The van der Waals surface area contributed by atoms with Crippen molar-refractivity contribution in [3.05, 3.63) is 0 Å². The number of thioether (sulfide) groups is 1. The van der Waals surface area contributed by atoms with E-state index in [1.165, 1.54) is 19.3 Å². The number of nitrogens with one attached hydrogen (secondary N) is 1. The van der Waals surface area contributed by atoms with E-state index >= 15 is 0 Å². The summed E-state index contributed by atoms with van der Waals surface area (Å²) in [5.74, 6) is 5.60. The van der Waals surface area contributed by atoms with Crippen LogP contribution in [0.5, 0.6) is 0 Å². The normalized spacial score (nSPS) is 38.2. The van der Waals surface area contributed by atoms with Crippen molar-refractivity contribution in [2.24, 2.45) is 16.7 Å². The second-order valence-electron chi connectivity index (χ2n) is 6.56. The first-order chi connectivity index (χ1) is 8.00. The van der Waals surface area contributed by atoms with Crippen LogP contribution in [0.1, 0.15) is 40.0 Å². The molecule has 0 radical (unpaired) electrons. The maximum Gasteiger partial charge on any atom is 0.0545 e. The summed E-state index contributed by atoms with van der Waals surface area (Å²) in [5, 5.41) is 3.81. The highest BCUT2D eigenvalue weighted by Crippen LogP contribution is 2.62. The van der Waals surface area contributed by atoms with E-state index < -0.39 is 0 Å². The van der Waals surface area contributed by atoms with Crippen LogP contribution in [-0.2, 0) is 0 Å². The SMILES string of the molecule is C#CCSCCNC1C2(C)CCC(C2)C1(C)C. The molecule has 2 rings (SSSR count). The van der Waals surface area contributed by atoms with E-state index in [2.05, 4.69) is 32.0 Å². The van der Waals surface area contributed by atoms with Crippen molar-refractivity contribution in [2.45, 2.75) is 46.1 Å². The average molecular weight is 251 g/mol. The molecule has 3 unspecified atom stereocenters. The monoisotopic (exact) mass is 251 g/mol. The Morgan fingerprint density at radius 1 is 1.41 bits per heavy atom. The number of hydrogen-bond donors (Lipinski definition) is 1. The summed E-state index contributed by atoms with van der Waals surface area (Å²) in [6.45, 7) is 8.49. The molecule has 3 atom stereocenters. The van der Waals surface area contributed by atoms with Crippen molar-refractivity contribution in [2.75, 3.05) is 18.1 Å². The van der Waals surface area contributed by atoms with Crippen LogP contribution in [0.4, 0.5) is 0 Å². The van der Waals surface area contributed by atoms with Gasteiger partial charge in [-0.3, -0.25) is 0 Å². The Kier molecular flexibility index (Phi) is 3.80. The van der Waals surface area contributed by atoms with E-state index in [1.54, 1.807) is 0 Å². The molecule has 1 N–H and O–H groups in total. The summed E-state index contributed by atoms with van der Waals surface area (Å²) in [6.07, 6.45) is 9.53. The van der Waals surface area contributed by atoms with Gasteiger partial charge >= 0.3 is 0 Å². The summed E-state index contributed by atoms with van der Waals surface area (Å²) in [7, 11) is 0. The van der Waals surface area contributed by atoms with Crippen molar-refractivity contribution in [1.82, 2.24) is 5.32 Å². The van der Waals surface area contributed by atoms with Crippen molar-refractivity contribution < 1.29 is 0 Å².